The second kappa shape index (κ2) is 4.81. The third kappa shape index (κ3) is 2.13. The van der Waals surface area contributed by atoms with Crippen LogP contribution in [0.25, 0.3) is 11.1 Å². The maximum Gasteiger partial charge on any atom is 0.417 e. The van der Waals surface area contributed by atoms with Crippen LogP contribution in [0.5, 0.6) is 0 Å². The van der Waals surface area contributed by atoms with Gasteiger partial charge in [-0.1, -0.05) is 35.9 Å². The van der Waals surface area contributed by atoms with Crippen LogP contribution in [0.1, 0.15) is 22.8 Å². The SMILES string of the molecule is Cc1cccc(C(O)c2ccc3[nH]c(=O)oc3c2)c1Cl. The van der Waals surface area contributed by atoms with E-state index in [9.17, 15) is 9.90 Å². The van der Waals surface area contributed by atoms with Crippen molar-refractivity contribution < 1.29 is 9.52 Å². The zero-order valence-corrected chi connectivity index (χ0v) is 11.4. The van der Waals surface area contributed by atoms with E-state index in [1.807, 2.05) is 19.1 Å². The predicted octanol–water partition coefficient (Wildman–Crippen LogP) is 3.16. The summed E-state index contributed by atoms with van der Waals surface area (Å²) in [6.45, 7) is 1.88. The highest BCUT2D eigenvalue weighted by Crippen LogP contribution is 2.31. The summed E-state index contributed by atoms with van der Waals surface area (Å²) in [7, 11) is 0. The Hall–Kier alpha value is -2.04. The topological polar surface area (TPSA) is 66.2 Å². The molecule has 0 aliphatic rings. The first-order valence-electron chi connectivity index (χ1n) is 6.12. The summed E-state index contributed by atoms with van der Waals surface area (Å²) in [6, 6.07) is 10.6. The third-order valence-electron chi connectivity index (χ3n) is 3.28. The molecular weight excluding hydrogens is 278 g/mol. The van der Waals surface area contributed by atoms with Gasteiger partial charge in [-0.25, -0.2) is 4.79 Å². The number of aromatic amines is 1. The summed E-state index contributed by atoms with van der Waals surface area (Å²) in [5.74, 6) is -0.514. The quantitative estimate of drug-likeness (QED) is 0.761. The molecule has 0 aliphatic carbocycles. The van der Waals surface area contributed by atoms with Gasteiger partial charge in [-0.05, 0) is 30.2 Å². The standard InChI is InChI=1S/C15H12ClNO3/c1-8-3-2-4-10(13(8)16)14(18)9-5-6-11-12(7-9)20-15(19)17-11/h2-7,14,18H,1H3,(H,17,19). The first kappa shape index (κ1) is 13.0. The molecule has 0 bridgehead atoms. The summed E-state index contributed by atoms with van der Waals surface area (Å²) >= 11 is 6.22. The monoisotopic (exact) mass is 289 g/mol. The Morgan fingerprint density at radius 1 is 1.30 bits per heavy atom. The van der Waals surface area contributed by atoms with Crippen LogP contribution in [0.4, 0.5) is 0 Å². The smallest absolute Gasteiger partial charge is 0.408 e. The van der Waals surface area contributed by atoms with Crippen molar-refractivity contribution in [1.29, 1.82) is 0 Å². The van der Waals surface area contributed by atoms with Gasteiger partial charge in [-0.2, -0.15) is 0 Å². The minimum atomic E-state index is -0.869. The molecular formula is C15H12ClNO3. The van der Waals surface area contributed by atoms with Crippen molar-refractivity contribution in [1.82, 2.24) is 4.98 Å². The molecule has 0 saturated heterocycles. The zero-order valence-electron chi connectivity index (χ0n) is 10.7. The Bertz CT molecular complexity index is 834. The number of nitrogens with one attached hydrogen (secondary N) is 1. The molecule has 0 saturated carbocycles. The van der Waals surface area contributed by atoms with E-state index in [2.05, 4.69) is 4.98 Å². The highest BCUT2D eigenvalue weighted by molar-refractivity contribution is 6.32. The fraction of sp³-hybridized carbons (Fsp3) is 0.133. The second-order valence-electron chi connectivity index (χ2n) is 4.65. The fourth-order valence-corrected chi connectivity index (χ4v) is 2.42. The lowest BCUT2D eigenvalue weighted by atomic mass is 9.99. The summed E-state index contributed by atoms with van der Waals surface area (Å²) < 4.78 is 4.99. The Morgan fingerprint density at radius 2 is 2.10 bits per heavy atom. The van der Waals surface area contributed by atoms with Gasteiger partial charge in [0, 0.05) is 10.6 Å². The van der Waals surface area contributed by atoms with Gasteiger partial charge in [0.2, 0.25) is 0 Å². The lowest BCUT2D eigenvalue weighted by molar-refractivity contribution is 0.220. The fourth-order valence-electron chi connectivity index (χ4n) is 2.19. The Morgan fingerprint density at radius 3 is 2.90 bits per heavy atom. The summed E-state index contributed by atoms with van der Waals surface area (Å²) in [5.41, 5.74) is 3.16. The number of hydrogen-bond donors (Lipinski definition) is 2. The molecule has 2 N–H and O–H groups in total. The van der Waals surface area contributed by atoms with Crippen molar-refractivity contribution in [2.24, 2.45) is 0 Å². The maximum absolute atomic E-state index is 11.1. The number of aromatic nitrogens is 1. The molecule has 0 radical (unpaired) electrons. The first-order valence-corrected chi connectivity index (χ1v) is 6.50. The number of halogens is 1. The van der Waals surface area contributed by atoms with Crippen LogP contribution < -0.4 is 5.76 Å². The molecule has 1 aromatic heterocycles. The molecule has 1 heterocycles. The van der Waals surface area contributed by atoms with Crippen LogP contribution in [0.3, 0.4) is 0 Å². The van der Waals surface area contributed by atoms with E-state index < -0.39 is 11.9 Å². The lowest BCUT2D eigenvalue weighted by Gasteiger charge is -2.14. The number of aliphatic hydroxyl groups excluding tert-OH is 1. The van der Waals surface area contributed by atoms with Gasteiger partial charge in [0.15, 0.2) is 5.58 Å². The predicted molar refractivity (Wildman–Crippen MR) is 77.1 cm³/mol. The van der Waals surface area contributed by atoms with E-state index in [4.69, 9.17) is 16.0 Å². The van der Waals surface area contributed by atoms with Gasteiger partial charge in [-0.3, -0.25) is 4.98 Å². The zero-order chi connectivity index (χ0) is 14.3. The van der Waals surface area contributed by atoms with Crippen molar-refractivity contribution in [3.8, 4) is 0 Å². The minimum absolute atomic E-state index is 0.412. The van der Waals surface area contributed by atoms with Gasteiger partial charge in [0.1, 0.15) is 6.10 Å². The molecule has 5 heteroatoms. The van der Waals surface area contributed by atoms with Gasteiger partial charge in [-0.15, -0.1) is 0 Å². The molecule has 0 aliphatic heterocycles. The molecule has 3 aromatic rings. The van der Waals surface area contributed by atoms with E-state index in [-0.39, 0.29) is 0 Å². The Kier molecular flexibility index (Phi) is 3.12. The molecule has 102 valence electrons. The number of fused-ring (bicyclic) bond motifs is 1. The first-order chi connectivity index (χ1) is 9.56. The molecule has 0 fully saturated rings. The van der Waals surface area contributed by atoms with Gasteiger partial charge in [0.05, 0.1) is 5.52 Å². The van der Waals surface area contributed by atoms with Crippen LogP contribution in [-0.2, 0) is 0 Å². The van der Waals surface area contributed by atoms with Crippen LogP contribution >= 0.6 is 11.6 Å². The second-order valence-corrected chi connectivity index (χ2v) is 5.03. The van der Waals surface area contributed by atoms with Crippen molar-refractivity contribution in [2.75, 3.05) is 0 Å². The molecule has 2 aromatic carbocycles. The Labute approximate surface area is 119 Å². The molecule has 1 unspecified atom stereocenters. The van der Waals surface area contributed by atoms with E-state index >= 15 is 0 Å². The van der Waals surface area contributed by atoms with Crippen LogP contribution in [0.2, 0.25) is 5.02 Å². The highest BCUT2D eigenvalue weighted by Gasteiger charge is 2.16. The van der Waals surface area contributed by atoms with Crippen molar-refractivity contribution >= 4 is 22.7 Å². The molecule has 1 atom stereocenters. The highest BCUT2D eigenvalue weighted by atomic mass is 35.5. The maximum atomic E-state index is 11.1. The van der Waals surface area contributed by atoms with E-state index in [0.717, 1.165) is 5.56 Å². The van der Waals surface area contributed by atoms with E-state index in [1.54, 1.807) is 24.3 Å². The van der Waals surface area contributed by atoms with Crippen LogP contribution in [0, 0.1) is 6.92 Å². The molecule has 20 heavy (non-hydrogen) atoms. The van der Waals surface area contributed by atoms with Crippen molar-refractivity contribution in [3.05, 3.63) is 68.7 Å². The number of aliphatic hydroxyl groups is 1. The molecule has 0 spiro atoms. The van der Waals surface area contributed by atoms with Gasteiger partial charge >= 0.3 is 5.76 Å². The number of benzene rings is 2. The molecule has 3 rings (SSSR count). The molecule has 4 nitrogen and oxygen atoms in total. The number of H-pyrrole nitrogens is 1. The summed E-state index contributed by atoms with van der Waals surface area (Å²) in [4.78, 5) is 13.7. The number of aryl methyl sites for hydroxylation is 1. The normalized spacial score (nSPS) is 12.8. The number of hydrogen-bond acceptors (Lipinski definition) is 3. The van der Waals surface area contributed by atoms with E-state index in [0.29, 0.717) is 27.2 Å². The van der Waals surface area contributed by atoms with E-state index in [1.165, 1.54) is 0 Å². The van der Waals surface area contributed by atoms with Crippen LogP contribution in [0.15, 0.2) is 45.6 Å². The average Bonchev–Trinajstić information content (AvgIpc) is 2.80. The largest absolute Gasteiger partial charge is 0.417 e. The Balaban J connectivity index is 2.09. The number of oxazole rings is 1. The third-order valence-corrected chi connectivity index (χ3v) is 3.79. The van der Waals surface area contributed by atoms with Gasteiger partial charge < -0.3 is 9.52 Å². The summed E-state index contributed by atoms with van der Waals surface area (Å²) in [6.07, 6.45) is -0.869. The van der Waals surface area contributed by atoms with Crippen LogP contribution in [-0.4, -0.2) is 10.1 Å². The van der Waals surface area contributed by atoms with Gasteiger partial charge in [0.25, 0.3) is 0 Å². The molecule has 0 amide bonds. The van der Waals surface area contributed by atoms with Crippen molar-refractivity contribution in [2.45, 2.75) is 13.0 Å². The summed E-state index contributed by atoms with van der Waals surface area (Å²) in [5, 5.41) is 11.0. The minimum Gasteiger partial charge on any atom is -0.408 e. The van der Waals surface area contributed by atoms with Crippen molar-refractivity contribution in [3.63, 3.8) is 0 Å². The number of rotatable bonds is 2. The average molecular weight is 290 g/mol. The lowest BCUT2D eigenvalue weighted by Crippen LogP contribution is -2.01.